The quantitative estimate of drug-likeness (QED) is 0.0560. The van der Waals surface area contributed by atoms with Crippen molar-refractivity contribution in [2.24, 2.45) is 0 Å². The molecule has 0 aliphatic carbocycles. The molecule has 12 heteroatoms. The summed E-state index contributed by atoms with van der Waals surface area (Å²) in [5.41, 5.74) is 13.9. The lowest BCUT2D eigenvalue weighted by atomic mass is 9.99. The normalized spacial score (nSPS) is 11.5. The van der Waals surface area contributed by atoms with Gasteiger partial charge in [0.1, 0.15) is 0 Å². The molecule has 0 amide bonds. The summed E-state index contributed by atoms with van der Waals surface area (Å²) in [7, 11) is 0. The number of hydrogen-bond donors (Lipinski definition) is 0. The first-order valence-corrected chi connectivity index (χ1v) is 30.0. The Hall–Kier alpha value is -12.5. The number of nitrogens with zero attached hydrogens (tertiary/aromatic N) is 7. The van der Waals surface area contributed by atoms with E-state index in [1.165, 1.54) is 12.1 Å². The van der Waals surface area contributed by atoms with E-state index in [1.807, 2.05) is 264 Å². The van der Waals surface area contributed by atoms with Crippen molar-refractivity contribution in [3.8, 4) is 113 Å². The number of pyridine rings is 4. The first-order valence-electron chi connectivity index (χ1n) is 30.0. The molecule has 0 saturated carbocycles. The van der Waals surface area contributed by atoms with Crippen LogP contribution in [0.1, 0.15) is 0 Å². The maximum Gasteiger partial charge on any atom is 0.200 e. The van der Waals surface area contributed by atoms with Gasteiger partial charge in [-0.3, -0.25) is 0 Å². The first-order chi connectivity index (χ1) is 45.6. The lowest BCUT2D eigenvalue weighted by Crippen LogP contribution is -2.07. The van der Waals surface area contributed by atoms with Crippen LogP contribution in [-0.2, 0) is 0 Å². The van der Waals surface area contributed by atoms with E-state index in [-0.39, 0.29) is 11.4 Å². The number of halogens is 5. The van der Waals surface area contributed by atoms with Crippen LogP contribution in [0.5, 0.6) is 0 Å². The second-order valence-electron chi connectivity index (χ2n) is 22.6. The standard InChI is InChI=1S/C81H46F5N7/c1-87-69-47-75(93-72-40-36-54(67-32-16-28-63(90-67)50-22-10-4-11-23-50)44-58(72)59-45-55(37-41-73(59)93)68-33-17-29-64(91-68)51-24-12-5-13-25-51)74(46-60(69)76-77(82)79(84)81(86)80(85)78(76)83)92-70-38-34-52(65-30-14-26-61(88-65)48-18-6-2-7-19-48)42-56(70)57-43-53(35-39-71(57)92)66-31-15-27-62(89-66)49-20-8-3-9-21-49/h2-47H. The third-order valence-electron chi connectivity index (χ3n) is 17.2. The average Bonchev–Trinajstić information content (AvgIpc) is 1.58. The number of aromatic nitrogens is 6. The molecule has 7 nitrogen and oxygen atoms in total. The minimum atomic E-state index is -2.32. The Morgan fingerprint density at radius 2 is 0.516 bits per heavy atom. The molecule has 93 heavy (non-hydrogen) atoms. The van der Waals surface area contributed by atoms with E-state index in [9.17, 15) is 0 Å². The van der Waals surface area contributed by atoms with Gasteiger partial charge in [0.25, 0.3) is 0 Å². The summed E-state index contributed by atoms with van der Waals surface area (Å²) in [4.78, 5) is 24.4. The van der Waals surface area contributed by atoms with Gasteiger partial charge < -0.3 is 9.13 Å². The van der Waals surface area contributed by atoms with E-state index in [2.05, 4.69) is 17.0 Å². The molecule has 0 radical (unpaired) electrons. The van der Waals surface area contributed by atoms with E-state index in [0.29, 0.717) is 50.5 Å². The largest absolute Gasteiger partial charge is 0.308 e. The molecular formula is C81H46F5N7. The van der Waals surface area contributed by atoms with Gasteiger partial charge in [-0.15, -0.1) is 0 Å². The Morgan fingerprint density at radius 1 is 0.258 bits per heavy atom. The Kier molecular flexibility index (Phi) is 13.7. The highest BCUT2D eigenvalue weighted by atomic mass is 19.2. The molecule has 0 atom stereocenters. The fourth-order valence-corrected chi connectivity index (χ4v) is 12.7. The van der Waals surface area contributed by atoms with Crippen LogP contribution < -0.4 is 0 Å². The summed E-state index contributed by atoms with van der Waals surface area (Å²) in [6, 6.07) is 89.9. The molecule has 0 fully saturated rings. The number of fused-ring (bicyclic) bond motifs is 6. The van der Waals surface area contributed by atoms with Gasteiger partial charge in [-0.2, -0.15) is 0 Å². The highest BCUT2D eigenvalue weighted by Gasteiger charge is 2.31. The highest BCUT2D eigenvalue weighted by Crippen LogP contribution is 2.47. The molecule has 0 aliphatic heterocycles. The predicted molar refractivity (Wildman–Crippen MR) is 361 cm³/mol. The maximum absolute atomic E-state index is 16.6. The van der Waals surface area contributed by atoms with Gasteiger partial charge in [-0.1, -0.05) is 170 Å². The molecule has 0 aliphatic rings. The number of rotatable bonds is 11. The SMILES string of the molecule is [C-]#[N+]c1cc(-n2c3ccc(-c4cccc(-c5ccccc5)n4)cc3c3cc(-c4cccc(-c5ccccc5)n4)ccc32)c(-n2c3ccc(-c4cccc(-c5ccccc5)n4)cc3c3cc(-c4cccc(-c5ccccc5)n4)ccc32)cc1-c1c(F)c(F)c(F)c(F)c1F. The summed E-state index contributed by atoms with van der Waals surface area (Å²) < 4.78 is 83.4. The minimum absolute atomic E-state index is 0.247. The molecule has 0 bridgehead atoms. The van der Waals surface area contributed by atoms with Gasteiger partial charge in [0.2, 0.25) is 5.82 Å². The Morgan fingerprint density at radius 3 is 0.796 bits per heavy atom. The number of benzene rings is 10. The van der Waals surface area contributed by atoms with Crippen molar-refractivity contribution in [1.82, 2.24) is 29.1 Å². The zero-order valence-corrected chi connectivity index (χ0v) is 49.1. The zero-order chi connectivity index (χ0) is 62.8. The molecule has 0 saturated heterocycles. The van der Waals surface area contributed by atoms with Crippen LogP contribution in [0.2, 0.25) is 0 Å². The lowest BCUT2D eigenvalue weighted by Gasteiger charge is -2.20. The van der Waals surface area contributed by atoms with Gasteiger partial charge in [0.15, 0.2) is 29.0 Å². The predicted octanol–water partition coefficient (Wildman–Crippen LogP) is 21.7. The smallest absolute Gasteiger partial charge is 0.200 e. The monoisotopic (exact) mass is 1210 g/mol. The fourth-order valence-electron chi connectivity index (χ4n) is 12.7. The Balaban J connectivity index is 0.990. The van der Waals surface area contributed by atoms with Crippen LogP contribution in [0.15, 0.2) is 279 Å². The van der Waals surface area contributed by atoms with E-state index < -0.39 is 40.2 Å². The van der Waals surface area contributed by atoms with Crippen molar-refractivity contribution >= 4 is 49.3 Å². The molecule has 16 aromatic rings. The van der Waals surface area contributed by atoms with Gasteiger partial charge in [0, 0.05) is 71.6 Å². The van der Waals surface area contributed by atoms with Gasteiger partial charge in [-0.05, 0) is 115 Å². The van der Waals surface area contributed by atoms with Crippen molar-refractivity contribution in [1.29, 1.82) is 0 Å². The summed E-state index contributed by atoms with van der Waals surface area (Å²) >= 11 is 0. The average molecular weight is 1210 g/mol. The van der Waals surface area contributed by atoms with E-state index in [4.69, 9.17) is 26.5 Å². The van der Waals surface area contributed by atoms with Gasteiger partial charge >= 0.3 is 0 Å². The van der Waals surface area contributed by atoms with Crippen LogP contribution >= 0.6 is 0 Å². The van der Waals surface area contributed by atoms with Crippen molar-refractivity contribution < 1.29 is 22.0 Å². The molecule has 0 spiro atoms. The lowest BCUT2D eigenvalue weighted by molar-refractivity contribution is 0.381. The van der Waals surface area contributed by atoms with Gasteiger partial charge in [0.05, 0.1) is 85.6 Å². The summed E-state index contributed by atoms with van der Waals surface area (Å²) in [5, 5.41) is 3.03. The Labute approximate surface area is 529 Å². The molecule has 0 N–H and O–H groups in total. The molecule has 440 valence electrons. The topological polar surface area (TPSA) is 65.8 Å². The Bertz CT molecular complexity index is 5400. The molecule has 0 unspecified atom stereocenters. The van der Waals surface area contributed by atoms with E-state index >= 15 is 22.0 Å². The summed E-state index contributed by atoms with van der Waals surface area (Å²) in [5.74, 6) is -10.7. The van der Waals surface area contributed by atoms with E-state index in [0.717, 1.165) is 88.8 Å². The first kappa shape index (κ1) is 55.8. The molecule has 6 aromatic heterocycles. The molecule has 10 aromatic carbocycles. The van der Waals surface area contributed by atoms with Crippen LogP contribution in [0, 0.1) is 35.7 Å². The highest BCUT2D eigenvalue weighted by molar-refractivity contribution is 6.14. The van der Waals surface area contributed by atoms with Gasteiger partial charge in [-0.25, -0.2) is 46.7 Å². The van der Waals surface area contributed by atoms with Crippen molar-refractivity contribution in [2.45, 2.75) is 0 Å². The van der Waals surface area contributed by atoms with E-state index in [1.54, 1.807) is 0 Å². The number of hydrogen-bond acceptors (Lipinski definition) is 4. The van der Waals surface area contributed by atoms with Crippen LogP contribution in [0.4, 0.5) is 27.6 Å². The maximum atomic E-state index is 16.6. The van der Waals surface area contributed by atoms with Crippen LogP contribution in [0.3, 0.4) is 0 Å². The second kappa shape index (κ2) is 22.8. The van der Waals surface area contributed by atoms with Crippen molar-refractivity contribution in [3.63, 3.8) is 0 Å². The third kappa shape index (κ3) is 9.74. The zero-order valence-electron chi connectivity index (χ0n) is 49.1. The van der Waals surface area contributed by atoms with Crippen LogP contribution in [-0.4, -0.2) is 29.1 Å². The van der Waals surface area contributed by atoms with Crippen LogP contribution in [0.25, 0.3) is 161 Å². The summed E-state index contributed by atoms with van der Waals surface area (Å²) in [6.45, 7) is 8.71. The molecule has 16 rings (SSSR count). The molecule has 6 heterocycles. The molecular weight excluding hydrogens is 1170 g/mol. The third-order valence-corrected chi connectivity index (χ3v) is 17.2. The van der Waals surface area contributed by atoms with Crippen molar-refractivity contribution in [2.75, 3.05) is 0 Å². The summed E-state index contributed by atoms with van der Waals surface area (Å²) in [6.07, 6.45) is 0. The van der Waals surface area contributed by atoms with Crippen molar-refractivity contribution in [3.05, 3.63) is 320 Å². The second-order valence-corrected chi connectivity index (χ2v) is 22.6. The fraction of sp³-hybridized carbons (Fsp3) is 0. The minimum Gasteiger partial charge on any atom is -0.308 e.